The first kappa shape index (κ1) is 22.7. The number of rotatable bonds is 7. The van der Waals surface area contributed by atoms with Gasteiger partial charge in [0.15, 0.2) is 5.96 Å². The lowest BCUT2D eigenvalue weighted by molar-refractivity contribution is -0.128. The standard InChI is InChI=1S/C17H35N5O3S/c1-6-18-16(20-11-10-19-15(23)17(3,4)5)21-14-8-12-22(13-9-14)26(24,25)7-2/h14H,6-13H2,1-5H3,(H,19,23)(H2,18,20,21). The maximum Gasteiger partial charge on any atom is 0.225 e. The number of nitrogens with zero attached hydrogens (tertiary/aromatic N) is 2. The Labute approximate surface area is 158 Å². The van der Waals surface area contributed by atoms with Crippen molar-refractivity contribution >= 4 is 21.9 Å². The Morgan fingerprint density at radius 1 is 1.15 bits per heavy atom. The first-order valence-electron chi connectivity index (χ1n) is 9.41. The summed E-state index contributed by atoms with van der Waals surface area (Å²) < 4.78 is 25.4. The minimum absolute atomic E-state index is 0.00941. The largest absolute Gasteiger partial charge is 0.357 e. The topological polar surface area (TPSA) is 103 Å². The number of hydrogen-bond acceptors (Lipinski definition) is 4. The molecule has 0 spiro atoms. The van der Waals surface area contributed by atoms with Crippen LogP contribution in [-0.4, -0.2) is 69.1 Å². The number of carbonyl (C=O) groups is 1. The molecule has 9 heteroatoms. The second-order valence-corrected chi connectivity index (χ2v) is 9.74. The highest BCUT2D eigenvalue weighted by atomic mass is 32.2. The summed E-state index contributed by atoms with van der Waals surface area (Å²) in [5.41, 5.74) is -0.404. The molecule has 0 aromatic carbocycles. The van der Waals surface area contributed by atoms with Crippen LogP contribution in [-0.2, 0) is 14.8 Å². The smallest absolute Gasteiger partial charge is 0.225 e. The molecule has 0 aromatic heterocycles. The first-order valence-corrected chi connectivity index (χ1v) is 11.0. The van der Waals surface area contributed by atoms with Crippen molar-refractivity contribution in [2.24, 2.45) is 10.4 Å². The van der Waals surface area contributed by atoms with Crippen LogP contribution in [0.4, 0.5) is 0 Å². The molecule has 1 saturated heterocycles. The number of aliphatic imine (C=N–C) groups is 1. The van der Waals surface area contributed by atoms with Crippen LogP contribution in [0.5, 0.6) is 0 Å². The Morgan fingerprint density at radius 2 is 1.77 bits per heavy atom. The van der Waals surface area contributed by atoms with Crippen molar-refractivity contribution in [3.05, 3.63) is 0 Å². The van der Waals surface area contributed by atoms with Crippen molar-refractivity contribution in [3.63, 3.8) is 0 Å². The van der Waals surface area contributed by atoms with Gasteiger partial charge in [0.2, 0.25) is 15.9 Å². The molecule has 152 valence electrons. The molecule has 1 heterocycles. The van der Waals surface area contributed by atoms with Crippen LogP contribution in [0.1, 0.15) is 47.5 Å². The van der Waals surface area contributed by atoms with Crippen molar-refractivity contribution in [2.45, 2.75) is 53.5 Å². The van der Waals surface area contributed by atoms with Gasteiger partial charge >= 0.3 is 0 Å². The van der Waals surface area contributed by atoms with E-state index in [1.165, 1.54) is 0 Å². The molecular weight excluding hydrogens is 354 g/mol. The number of nitrogens with one attached hydrogen (secondary N) is 3. The monoisotopic (exact) mass is 389 g/mol. The summed E-state index contributed by atoms with van der Waals surface area (Å²) in [5.74, 6) is 0.861. The molecule has 0 bridgehead atoms. The summed E-state index contributed by atoms with van der Waals surface area (Å²) in [7, 11) is -3.10. The molecule has 1 rings (SSSR count). The van der Waals surface area contributed by atoms with Crippen molar-refractivity contribution in [2.75, 3.05) is 38.5 Å². The van der Waals surface area contributed by atoms with Gasteiger partial charge in [0, 0.05) is 37.6 Å². The molecule has 0 radical (unpaired) electrons. The summed E-state index contributed by atoms with van der Waals surface area (Å²) in [4.78, 5) is 16.3. The third-order valence-electron chi connectivity index (χ3n) is 4.25. The highest BCUT2D eigenvalue weighted by Gasteiger charge is 2.27. The third kappa shape index (κ3) is 7.49. The van der Waals surface area contributed by atoms with Gasteiger partial charge in [-0.2, -0.15) is 0 Å². The van der Waals surface area contributed by atoms with E-state index in [0.717, 1.165) is 19.4 Å². The summed E-state index contributed by atoms with van der Waals surface area (Å²) in [6.45, 7) is 12.1. The van der Waals surface area contributed by atoms with E-state index >= 15 is 0 Å². The van der Waals surface area contributed by atoms with E-state index < -0.39 is 15.4 Å². The lowest BCUT2D eigenvalue weighted by Gasteiger charge is -2.32. The van der Waals surface area contributed by atoms with Crippen LogP contribution >= 0.6 is 0 Å². The summed E-state index contributed by atoms with van der Waals surface area (Å²) in [6.07, 6.45) is 1.51. The Bertz CT molecular complexity index is 576. The average Bonchev–Trinajstić information content (AvgIpc) is 2.58. The predicted octanol–water partition coefficient (Wildman–Crippen LogP) is 0.518. The molecule has 0 aromatic rings. The molecule has 8 nitrogen and oxygen atoms in total. The van der Waals surface area contributed by atoms with Crippen LogP contribution < -0.4 is 16.0 Å². The van der Waals surface area contributed by atoms with E-state index in [1.54, 1.807) is 11.2 Å². The molecule has 0 aliphatic carbocycles. The Kier molecular flexibility index (Phi) is 8.82. The van der Waals surface area contributed by atoms with Crippen molar-refractivity contribution in [3.8, 4) is 0 Å². The summed E-state index contributed by atoms with van der Waals surface area (Å²) >= 11 is 0. The second-order valence-electron chi connectivity index (χ2n) is 7.48. The predicted molar refractivity (Wildman–Crippen MR) is 106 cm³/mol. The Morgan fingerprint density at radius 3 is 2.27 bits per heavy atom. The Balaban J connectivity index is 2.47. The van der Waals surface area contributed by atoms with Gasteiger partial charge < -0.3 is 16.0 Å². The highest BCUT2D eigenvalue weighted by Crippen LogP contribution is 2.14. The molecule has 1 amide bonds. The zero-order chi connectivity index (χ0) is 19.8. The number of guanidine groups is 1. The van der Waals surface area contributed by atoms with Gasteiger partial charge in [0.05, 0.1) is 12.3 Å². The molecule has 26 heavy (non-hydrogen) atoms. The zero-order valence-electron chi connectivity index (χ0n) is 16.8. The fourth-order valence-electron chi connectivity index (χ4n) is 2.58. The van der Waals surface area contributed by atoms with Crippen LogP contribution in [0.2, 0.25) is 0 Å². The van der Waals surface area contributed by atoms with E-state index in [0.29, 0.717) is 32.1 Å². The maximum absolute atomic E-state index is 11.9. The third-order valence-corrected chi connectivity index (χ3v) is 6.13. The van der Waals surface area contributed by atoms with Crippen LogP contribution in [0, 0.1) is 5.41 Å². The van der Waals surface area contributed by atoms with E-state index in [2.05, 4.69) is 20.9 Å². The van der Waals surface area contributed by atoms with Gasteiger partial charge in [0.1, 0.15) is 0 Å². The van der Waals surface area contributed by atoms with E-state index in [4.69, 9.17) is 0 Å². The SMILES string of the molecule is CCNC(=NCCNC(=O)C(C)(C)C)NC1CCN(S(=O)(=O)CC)CC1. The van der Waals surface area contributed by atoms with Crippen molar-refractivity contribution < 1.29 is 13.2 Å². The maximum atomic E-state index is 11.9. The van der Waals surface area contributed by atoms with Gasteiger partial charge in [-0.1, -0.05) is 20.8 Å². The summed E-state index contributed by atoms with van der Waals surface area (Å²) in [5, 5.41) is 9.44. The van der Waals surface area contributed by atoms with E-state index in [1.807, 2.05) is 27.7 Å². The minimum atomic E-state index is -3.10. The van der Waals surface area contributed by atoms with Gasteiger partial charge in [-0.15, -0.1) is 0 Å². The lowest BCUT2D eigenvalue weighted by atomic mass is 9.96. The molecule has 1 fully saturated rings. The molecule has 3 N–H and O–H groups in total. The molecular formula is C17H35N5O3S. The Hall–Kier alpha value is -1.35. The van der Waals surface area contributed by atoms with E-state index in [-0.39, 0.29) is 17.7 Å². The fraction of sp³-hybridized carbons (Fsp3) is 0.882. The first-order chi connectivity index (χ1) is 12.1. The fourth-order valence-corrected chi connectivity index (χ4v) is 3.71. The van der Waals surface area contributed by atoms with Crippen molar-refractivity contribution in [1.29, 1.82) is 0 Å². The van der Waals surface area contributed by atoms with Crippen LogP contribution in [0.15, 0.2) is 4.99 Å². The lowest BCUT2D eigenvalue weighted by Crippen LogP contribution is -2.50. The number of hydrogen-bond donors (Lipinski definition) is 3. The average molecular weight is 390 g/mol. The van der Waals surface area contributed by atoms with Gasteiger partial charge in [-0.25, -0.2) is 12.7 Å². The second kappa shape index (κ2) is 10.1. The highest BCUT2D eigenvalue weighted by molar-refractivity contribution is 7.89. The van der Waals surface area contributed by atoms with Crippen LogP contribution in [0.3, 0.4) is 0 Å². The molecule has 0 unspecified atom stereocenters. The number of sulfonamides is 1. The van der Waals surface area contributed by atoms with Gasteiger partial charge in [-0.3, -0.25) is 9.79 Å². The quantitative estimate of drug-likeness (QED) is 0.335. The molecule has 1 aliphatic heterocycles. The van der Waals surface area contributed by atoms with Gasteiger partial charge in [0.25, 0.3) is 0 Å². The summed E-state index contributed by atoms with van der Waals surface area (Å²) in [6, 6.07) is 0.195. The van der Waals surface area contributed by atoms with Gasteiger partial charge in [-0.05, 0) is 26.7 Å². The number of amides is 1. The molecule has 1 aliphatic rings. The van der Waals surface area contributed by atoms with Crippen molar-refractivity contribution in [1.82, 2.24) is 20.3 Å². The normalized spacial score (nSPS) is 17.8. The number of carbonyl (C=O) groups excluding carboxylic acids is 1. The van der Waals surface area contributed by atoms with E-state index in [9.17, 15) is 13.2 Å². The minimum Gasteiger partial charge on any atom is -0.357 e. The van der Waals surface area contributed by atoms with Crippen LogP contribution in [0.25, 0.3) is 0 Å². The molecule has 0 atom stereocenters. The molecule has 0 saturated carbocycles. The number of piperidine rings is 1. The zero-order valence-corrected chi connectivity index (χ0v) is 17.6.